The molecule has 1 aliphatic heterocycles. The van der Waals surface area contributed by atoms with Crippen LogP contribution >= 0.6 is 0 Å². The summed E-state index contributed by atoms with van der Waals surface area (Å²) in [5, 5.41) is 2.96. The number of nitrogens with zero attached hydrogens (tertiary/aromatic N) is 1. The summed E-state index contributed by atoms with van der Waals surface area (Å²) in [4.78, 5) is 26.6. The Balaban J connectivity index is 2.32. The Hall–Kier alpha value is -1.06. The summed E-state index contributed by atoms with van der Waals surface area (Å²) in [7, 11) is 0. The third-order valence-corrected chi connectivity index (χ3v) is 4.18. The summed E-state index contributed by atoms with van der Waals surface area (Å²) in [6, 6.07) is 0.0669. The monoisotopic (exact) mass is 238 g/mol. The maximum Gasteiger partial charge on any atom is 0.249 e. The standard InChI is InChI=1S/C13H22N2O2/c1-4-10-11(16)14-13(5-2,6-3)12(17)15(10)9-7-8-9/h9-10H,4-8H2,1-3H3,(H,14,16). The van der Waals surface area contributed by atoms with Crippen LogP contribution in [0, 0.1) is 0 Å². The summed E-state index contributed by atoms with van der Waals surface area (Å²) in [5.74, 6) is 0.166. The molecule has 1 aliphatic carbocycles. The number of piperazine rings is 1. The van der Waals surface area contributed by atoms with Gasteiger partial charge >= 0.3 is 0 Å². The van der Waals surface area contributed by atoms with Gasteiger partial charge in [0, 0.05) is 6.04 Å². The molecule has 2 rings (SSSR count). The van der Waals surface area contributed by atoms with Gasteiger partial charge in [0.15, 0.2) is 0 Å². The van der Waals surface area contributed by atoms with Crippen molar-refractivity contribution < 1.29 is 9.59 Å². The molecule has 0 bridgehead atoms. The highest BCUT2D eigenvalue weighted by atomic mass is 16.2. The predicted molar refractivity (Wildman–Crippen MR) is 65.4 cm³/mol. The first kappa shape index (κ1) is 12.4. The fourth-order valence-electron chi connectivity index (χ4n) is 2.77. The number of nitrogens with one attached hydrogen (secondary N) is 1. The van der Waals surface area contributed by atoms with Gasteiger partial charge in [-0.25, -0.2) is 0 Å². The molecule has 96 valence electrons. The molecule has 0 radical (unpaired) electrons. The molecule has 17 heavy (non-hydrogen) atoms. The highest BCUT2D eigenvalue weighted by Crippen LogP contribution is 2.35. The molecule has 2 amide bonds. The van der Waals surface area contributed by atoms with Gasteiger partial charge in [0.05, 0.1) is 0 Å². The second-order valence-electron chi connectivity index (χ2n) is 5.15. The number of carbonyl (C=O) groups excluding carboxylic acids is 2. The molecule has 0 spiro atoms. The molecule has 1 atom stereocenters. The van der Waals surface area contributed by atoms with Crippen LogP contribution in [0.1, 0.15) is 52.9 Å². The smallest absolute Gasteiger partial charge is 0.249 e. The van der Waals surface area contributed by atoms with E-state index in [4.69, 9.17) is 0 Å². The molecule has 1 N–H and O–H groups in total. The highest BCUT2D eigenvalue weighted by Gasteiger charge is 2.52. The average molecular weight is 238 g/mol. The van der Waals surface area contributed by atoms with Crippen molar-refractivity contribution in [1.29, 1.82) is 0 Å². The number of hydrogen-bond donors (Lipinski definition) is 1. The van der Waals surface area contributed by atoms with E-state index in [0.29, 0.717) is 25.3 Å². The Bertz CT molecular complexity index is 332. The van der Waals surface area contributed by atoms with Gasteiger partial charge in [-0.1, -0.05) is 20.8 Å². The number of amides is 2. The van der Waals surface area contributed by atoms with Crippen LogP contribution in [0.3, 0.4) is 0 Å². The number of hydrogen-bond acceptors (Lipinski definition) is 2. The summed E-state index contributed by atoms with van der Waals surface area (Å²) < 4.78 is 0. The molecule has 1 unspecified atom stereocenters. The summed E-state index contributed by atoms with van der Waals surface area (Å²) >= 11 is 0. The largest absolute Gasteiger partial charge is 0.340 e. The van der Waals surface area contributed by atoms with Crippen molar-refractivity contribution in [2.24, 2.45) is 0 Å². The van der Waals surface area contributed by atoms with Crippen molar-refractivity contribution in [3.63, 3.8) is 0 Å². The van der Waals surface area contributed by atoms with E-state index in [1.165, 1.54) is 0 Å². The molecule has 4 nitrogen and oxygen atoms in total. The molecule has 0 aromatic rings. The van der Waals surface area contributed by atoms with Crippen LogP contribution in [-0.2, 0) is 9.59 Å². The first-order valence-corrected chi connectivity index (χ1v) is 6.74. The number of carbonyl (C=O) groups is 2. The Labute approximate surface area is 103 Å². The minimum absolute atomic E-state index is 0.0303. The topological polar surface area (TPSA) is 49.4 Å². The third kappa shape index (κ3) is 1.83. The quantitative estimate of drug-likeness (QED) is 0.805. The third-order valence-electron chi connectivity index (χ3n) is 4.18. The van der Waals surface area contributed by atoms with E-state index in [0.717, 1.165) is 12.8 Å². The first-order chi connectivity index (χ1) is 8.09. The van der Waals surface area contributed by atoms with Crippen molar-refractivity contribution in [2.75, 3.05) is 0 Å². The molecule has 1 saturated heterocycles. The van der Waals surface area contributed by atoms with Gasteiger partial charge in [-0.2, -0.15) is 0 Å². The van der Waals surface area contributed by atoms with E-state index in [9.17, 15) is 9.59 Å². The van der Waals surface area contributed by atoms with Crippen LogP contribution < -0.4 is 5.32 Å². The van der Waals surface area contributed by atoms with Crippen molar-refractivity contribution >= 4 is 11.8 Å². The lowest BCUT2D eigenvalue weighted by Gasteiger charge is -2.45. The van der Waals surface area contributed by atoms with Crippen LogP contribution in [0.15, 0.2) is 0 Å². The molecule has 0 aromatic heterocycles. The zero-order chi connectivity index (χ0) is 12.6. The van der Waals surface area contributed by atoms with Crippen LogP contribution in [-0.4, -0.2) is 34.3 Å². The average Bonchev–Trinajstić information content (AvgIpc) is 3.15. The molecule has 1 heterocycles. The lowest BCUT2D eigenvalue weighted by Crippen LogP contribution is -2.70. The zero-order valence-electron chi connectivity index (χ0n) is 11.0. The molecule has 2 fully saturated rings. The lowest BCUT2D eigenvalue weighted by atomic mass is 9.86. The Morgan fingerprint density at radius 1 is 1.24 bits per heavy atom. The SMILES string of the molecule is CCC1C(=O)NC(CC)(CC)C(=O)N1C1CC1. The van der Waals surface area contributed by atoms with Crippen molar-refractivity contribution in [3.05, 3.63) is 0 Å². The molecule has 1 saturated carbocycles. The van der Waals surface area contributed by atoms with Crippen LogP contribution in [0.2, 0.25) is 0 Å². The zero-order valence-corrected chi connectivity index (χ0v) is 11.0. The maximum absolute atomic E-state index is 12.6. The van der Waals surface area contributed by atoms with E-state index >= 15 is 0 Å². The van der Waals surface area contributed by atoms with Crippen molar-refractivity contribution in [3.8, 4) is 0 Å². The molecule has 0 aromatic carbocycles. The molecular formula is C13H22N2O2. The van der Waals surface area contributed by atoms with E-state index in [2.05, 4.69) is 5.32 Å². The van der Waals surface area contributed by atoms with Gasteiger partial charge < -0.3 is 10.2 Å². The second-order valence-corrected chi connectivity index (χ2v) is 5.15. The first-order valence-electron chi connectivity index (χ1n) is 6.74. The van der Waals surface area contributed by atoms with Gasteiger partial charge in [0.1, 0.15) is 11.6 Å². The highest BCUT2D eigenvalue weighted by molar-refractivity contribution is 6.00. The van der Waals surface area contributed by atoms with Crippen molar-refractivity contribution in [2.45, 2.75) is 70.5 Å². The molecule has 2 aliphatic rings. The predicted octanol–water partition coefficient (Wildman–Crippen LogP) is 1.44. The van der Waals surface area contributed by atoms with E-state index in [-0.39, 0.29) is 17.9 Å². The fourth-order valence-corrected chi connectivity index (χ4v) is 2.77. The van der Waals surface area contributed by atoms with Gasteiger partial charge in [-0.05, 0) is 32.1 Å². The normalized spacial score (nSPS) is 28.2. The molecule has 4 heteroatoms. The van der Waals surface area contributed by atoms with Crippen molar-refractivity contribution in [1.82, 2.24) is 10.2 Å². The number of rotatable bonds is 4. The van der Waals surface area contributed by atoms with E-state index in [1.807, 2.05) is 25.7 Å². The Morgan fingerprint density at radius 3 is 2.24 bits per heavy atom. The van der Waals surface area contributed by atoms with Gasteiger partial charge in [0.25, 0.3) is 0 Å². The van der Waals surface area contributed by atoms with Crippen LogP contribution in [0.4, 0.5) is 0 Å². The van der Waals surface area contributed by atoms with Crippen LogP contribution in [0.25, 0.3) is 0 Å². The van der Waals surface area contributed by atoms with Gasteiger partial charge in [-0.15, -0.1) is 0 Å². The lowest BCUT2D eigenvalue weighted by molar-refractivity contribution is -0.156. The minimum atomic E-state index is -0.647. The minimum Gasteiger partial charge on any atom is -0.340 e. The van der Waals surface area contributed by atoms with Crippen LogP contribution in [0.5, 0.6) is 0 Å². The van der Waals surface area contributed by atoms with E-state index in [1.54, 1.807) is 0 Å². The van der Waals surface area contributed by atoms with E-state index < -0.39 is 5.54 Å². The second kappa shape index (κ2) is 4.31. The fraction of sp³-hybridized carbons (Fsp3) is 0.846. The summed E-state index contributed by atoms with van der Waals surface area (Å²) in [5.41, 5.74) is -0.647. The Morgan fingerprint density at radius 2 is 1.82 bits per heavy atom. The molecular weight excluding hydrogens is 216 g/mol. The van der Waals surface area contributed by atoms with Gasteiger partial charge in [-0.3, -0.25) is 9.59 Å². The summed E-state index contributed by atoms with van der Waals surface area (Å²) in [6.45, 7) is 5.91. The van der Waals surface area contributed by atoms with Gasteiger partial charge in [0.2, 0.25) is 11.8 Å². The maximum atomic E-state index is 12.6. The summed E-state index contributed by atoms with van der Waals surface area (Å²) in [6.07, 6.45) is 4.16. The Kier molecular flexibility index (Phi) is 3.15.